The van der Waals surface area contributed by atoms with E-state index in [1.165, 1.54) is 5.56 Å². The maximum atomic E-state index is 11.4. The highest BCUT2D eigenvalue weighted by Gasteiger charge is 2.03. The maximum absolute atomic E-state index is 11.4. The van der Waals surface area contributed by atoms with Crippen LogP contribution in [0.3, 0.4) is 0 Å². The Bertz CT molecular complexity index is 404. The molecule has 0 atom stereocenters. The van der Waals surface area contributed by atoms with E-state index in [0.29, 0.717) is 25.9 Å². The Labute approximate surface area is 110 Å². The van der Waals surface area contributed by atoms with Gasteiger partial charge in [-0.15, -0.1) is 11.3 Å². The molecule has 6 heteroatoms. The second kappa shape index (κ2) is 7.71. The molecule has 0 aliphatic heterocycles. The molecule has 1 rings (SSSR count). The molecule has 2 amide bonds. The normalized spacial score (nSPS) is 10.1. The predicted octanol–water partition coefficient (Wildman–Crippen LogP) is 2.11. The van der Waals surface area contributed by atoms with Gasteiger partial charge >= 0.3 is 12.0 Å². The molecule has 0 aliphatic carbocycles. The van der Waals surface area contributed by atoms with Gasteiger partial charge in [-0.3, -0.25) is 4.79 Å². The van der Waals surface area contributed by atoms with Crippen LogP contribution in [0.15, 0.2) is 11.4 Å². The van der Waals surface area contributed by atoms with E-state index in [-0.39, 0.29) is 12.5 Å². The number of unbranched alkanes of at least 4 members (excludes halogenated alkanes) is 1. The van der Waals surface area contributed by atoms with Gasteiger partial charge in [0.15, 0.2) is 0 Å². The summed E-state index contributed by atoms with van der Waals surface area (Å²) < 4.78 is 0. The van der Waals surface area contributed by atoms with Crippen LogP contribution in [-0.4, -0.2) is 23.7 Å². The average molecular weight is 270 g/mol. The first-order valence-electron chi connectivity index (χ1n) is 5.86. The molecule has 5 nitrogen and oxygen atoms in total. The molecule has 3 N–H and O–H groups in total. The monoisotopic (exact) mass is 270 g/mol. The number of carboxylic acids is 1. The third kappa shape index (κ3) is 5.67. The third-order valence-corrected chi connectivity index (χ3v) is 3.50. The third-order valence-electron chi connectivity index (χ3n) is 2.48. The second-order valence-electron chi connectivity index (χ2n) is 3.99. The lowest BCUT2D eigenvalue weighted by atomic mass is 10.2. The van der Waals surface area contributed by atoms with Crippen LogP contribution in [0.1, 0.15) is 29.7 Å². The molecule has 0 unspecified atom stereocenters. The predicted molar refractivity (Wildman–Crippen MR) is 70.8 cm³/mol. The van der Waals surface area contributed by atoms with Crippen molar-refractivity contribution in [3.8, 4) is 0 Å². The highest BCUT2D eigenvalue weighted by Crippen LogP contribution is 2.14. The summed E-state index contributed by atoms with van der Waals surface area (Å²) in [6, 6.07) is 1.81. The highest BCUT2D eigenvalue weighted by molar-refractivity contribution is 7.10. The minimum Gasteiger partial charge on any atom is -0.481 e. The highest BCUT2D eigenvalue weighted by atomic mass is 32.1. The van der Waals surface area contributed by atoms with E-state index in [1.54, 1.807) is 11.3 Å². The lowest BCUT2D eigenvalue weighted by Gasteiger charge is -2.06. The molecule has 0 fully saturated rings. The van der Waals surface area contributed by atoms with E-state index in [0.717, 1.165) is 4.88 Å². The van der Waals surface area contributed by atoms with Gasteiger partial charge in [-0.05, 0) is 36.8 Å². The molecule has 0 spiro atoms. The van der Waals surface area contributed by atoms with Gasteiger partial charge in [0, 0.05) is 17.8 Å². The van der Waals surface area contributed by atoms with Gasteiger partial charge in [0.1, 0.15) is 0 Å². The molecule has 100 valence electrons. The van der Waals surface area contributed by atoms with Crippen LogP contribution >= 0.6 is 11.3 Å². The number of carbonyl (C=O) groups is 2. The summed E-state index contributed by atoms with van der Waals surface area (Å²) in [4.78, 5) is 22.8. The molecule has 0 saturated heterocycles. The van der Waals surface area contributed by atoms with Crippen LogP contribution < -0.4 is 10.6 Å². The van der Waals surface area contributed by atoms with E-state index in [1.807, 2.05) is 18.4 Å². The van der Waals surface area contributed by atoms with Crippen molar-refractivity contribution in [3.63, 3.8) is 0 Å². The summed E-state index contributed by atoms with van der Waals surface area (Å²) in [7, 11) is 0. The number of aliphatic carboxylic acids is 1. The zero-order chi connectivity index (χ0) is 13.4. The van der Waals surface area contributed by atoms with Crippen molar-refractivity contribution < 1.29 is 14.7 Å². The Morgan fingerprint density at radius 2 is 2.11 bits per heavy atom. The fourth-order valence-electron chi connectivity index (χ4n) is 1.41. The van der Waals surface area contributed by atoms with Crippen molar-refractivity contribution in [3.05, 3.63) is 21.9 Å². The standard InChI is InChI=1S/C12H18N2O3S/c1-9-5-7-18-10(9)8-14-12(17)13-6-3-2-4-11(15)16/h5,7H,2-4,6,8H2,1H3,(H,15,16)(H2,13,14,17). The lowest BCUT2D eigenvalue weighted by molar-refractivity contribution is -0.137. The molecule has 0 saturated carbocycles. The Morgan fingerprint density at radius 1 is 1.33 bits per heavy atom. The fourth-order valence-corrected chi connectivity index (χ4v) is 2.26. The van der Waals surface area contributed by atoms with Gasteiger partial charge in [-0.25, -0.2) is 4.79 Å². The zero-order valence-corrected chi connectivity index (χ0v) is 11.2. The Hall–Kier alpha value is -1.56. The van der Waals surface area contributed by atoms with Gasteiger partial charge in [-0.2, -0.15) is 0 Å². The number of thiophene rings is 1. The molecule has 1 aromatic rings. The van der Waals surface area contributed by atoms with Crippen molar-refractivity contribution >= 4 is 23.3 Å². The molecule has 1 aromatic heterocycles. The molecule has 18 heavy (non-hydrogen) atoms. The van der Waals surface area contributed by atoms with Gasteiger partial charge in [0.25, 0.3) is 0 Å². The fraction of sp³-hybridized carbons (Fsp3) is 0.500. The molecule has 1 heterocycles. The molecular weight excluding hydrogens is 252 g/mol. The quantitative estimate of drug-likeness (QED) is 0.664. The van der Waals surface area contributed by atoms with Crippen molar-refractivity contribution in [1.82, 2.24) is 10.6 Å². The Balaban J connectivity index is 2.07. The van der Waals surface area contributed by atoms with E-state index >= 15 is 0 Å². The first kappa shape index (κ1) is 14.5. The first-order valence-corrected chi connectivity index (χ1v) is 6.74. The number of aryl methyl sites for hydroxylation is 1. The summed E-state index contributed by atoms with van der Waals surface area (Å²) in [6.45, 7) is 3.05. The number of carbonyl (C=O) groups excluding carboxylic acids is 1. The van der Waals surface area contributed by atoms with Crippen LogP contribution in [0.2, 0.25) is 0 Å². The smallest absolute Gasteiger partial charge is 0.315 e. The van der Waals surface area contributed by atoms with E-state index in [2.05, 4.69) is 10.6 Å². The minimum atomic E-state index is -0.798. The van der Waals surface area contributed by atoms with Crippen molar-refractivity contribution in [2.24, 2.45) is 0 Å². The molecule has 0 bridgehead atoms. The van der Waals surface area contributed by atoms with Crippen LogP contribution in [0, 0.1) is 6.92 Å². The molecular formula is C12H18N2O3S. The number of nitrogens with one attached hydrogen (secondary N) is 2. The van der Waals surface area contributed by atoms with E-state index < -0.39 is 5.97 Å². The van der Waals surface area contributed by atoms with Gasteiger partial charge in [0.2, 0.25) is 0 Å². The first-order chi connectivity index (χ1) is 8.59. The van der Waals surface area contributed by atoms with Crippen molar-refractivity contribution in [1.29, 1.82) is 0 Å². The van der Waals surface area contributed by atoms with E-state index in [9.17, 15) is 9.59 Å². The summed E-state index contributed by atoms with van der Waals surface area (Å²) in [5.74, 6) is -0.798. The van der Waals surface area contributed by atoms with Crippen molar-refractivity contribution in [2.75, 3.05) is 6.54 Å². The SMILES string of the molecule is Cc1ccsc1CNC(=O)NCCCCC(=O)O. The van der Waals surface area contributed by atoms with Gasteiger partial charge in [0.05, 0.1) is 6.54 Å². The maximum Gasteiger partial charge on any atom is 0.315 e. The minimum absolute atomic E-state index is 0.150. The molecule has 0 radical (unpaired) electrons. The molecule has 0 aliphatic rings. The van der Waals surface area contributed by atoms with Crippen LogP contribution in [0.4, 0.5) is 4.79 Å². The summed E-state index contributed by atoms with van der Waals surface area (Å²) >= 11 is 1.62. The number of rotatable bonds is 7. The number of urea groups is 1. The van der Waals surface area contributed by atoms with Crippen LogP contribution in [0.5, 0.6) is 0 Å². The molecule has 0 aromatic carbocycles. The van der Waals surface area contributed by atoms with E-state index in [4.69, 9.17) is 5.11 Å². The summed E-state index contributed by atoms with van der Waals surface area (Å²) in [5.41, 5.74) is 1.18. The van der Waals surface area contributed by atoms with Crippen LogP contribution in [0.25, 0.3) is 0 Å². The second-order valence-corrected chi connectivity index (χ2v) is 4.99. The van der Waals surface area contributed by atoms with Crippen LogP contribution in [-0.2, 0) is 11.3 Å². The Morgan fingerprint density at radius 3 is 2.72 bits per heavy atom. The number of carboxylic acid groups (broad SMARTS) is 1. The zero-order valence-electron chi connectivity index (χ0n) is 10.4. The average Bonchev–Trinajstić information content (AvgIpc) is 2.71. The van der Waals surface area contributed by atoms with Crippen molar-refractivity contribution in [2.45, 2.75) is 32.7 Å². The largest absolute Gasteiger partial charge is 0.481 e. The van der Waals surface area contributed by atoms with Gasteiger partial charge < -0.3 is 15.7 Å². The number of hydrogen-bond donors (Lipinski definition) is 3. The van der Waals surface area contributed by atoms with Gasteiger partial charge in [-0.1, -0.05) is 0 Å². The topological polar surface area (TPSA) is 78.4 Å². The lowest BCUT2D eigenvalue weighted by Crippen LogP contribution is -2.35. The summed E-state index contributed by atoms with van der Waals surface area (Å²) in [6.07, 6.45) is 1.41. The number of hydrogen-bond acceptors (Lipinski definition) is 3. The number of amides is 2. The Kier molecular flexibility index (Phi) is 6.21. The summed E-state index contributed by atoms with van der Waals surface area (Å²) in [5, 5.41) is 15.9.